The van der Waals surface area contributed by atoms with Crippen molar-refractivity contribution in [1.82, 2.24) is 5.32 Å². The number of benzene rings is 1. The standard InChI is InChI=1S/C15H21NO4/c1-10-4-6-15(9-17,7-5-10)16-14(20)11-2-3-12(18)13(19)8-11/h2-3,8,10,17-19H,4-7,9H2,1H3,(H,16,20). The van der Waals surface area contributed by atoms with Crippen LogP contribution in [-0.4, -0.2) is 33.4 Å². The number of nitrogens with one attached hydrogen (secondary N) is 1. The van der Waals surface area contributed by atoms with Gasteiger partial charge in [0, 0.05) is 5.56 Å². The number of aromatic hydroxyl groups is 2. The Morgan fingerprint density at radius 1 is 1.30 bits per heavy atom. The van der Waals surface area contributed by atoms with Gasteiger partial charge in [-0.15, -0.1) is 0 Å². The topological polar surface area (TPSA) is 89.8 Å². The minimum absolute atomic E-state index is 0.0878. The molecule has 110 valence electrons. The van der Waals surface area contributed by atoms with Crippen molar-refractivity contribution in [3.63, 3.8) is 0 Å². The summed E-state index contributed by atoms with van der Waals surface area (Å²) in [6.45, 7) is 2.08. The lowest BCUT2D eigenvalue weighted by Crippen LogP contribution is -2.53. The molecule has 0 unspecified atom stereocenters. The van der Waals surface area contributed by atoms with Gasteiger partial charge in [-0.05, 0) is 49.8 Å². The summed E-state index contributed by atoms with van der Waals surface area (Å²) in [6.07, 6.45) is 3.45. The summed E-state index contributed by atoms with van der Waals surface area (Å²) in [6, 6.07) is 3.95. The molecule has 1 aliphatic carbocycles. The highest BCUT2D eigenvalue weighted by molar-refractivity contribution is 5.95. The number of phenols is 2. The smallest absolute Gasteiger partial charge is 0.251 e. The van der Waals surface area contributed by atoms with Crippen molar-refractivity contribution in [2.75, 3.05) is 6.61 Å². The summed E-state index contributed by atoms with van der Waals surface area (Å²) in [5, 5.41) is 31.2. The van der Waals surface area contributed by atoms with E-state index in [1.807, 2.05) is 0 Å². The molecule has 0 aromatic heterocycles. The van der Waals surface area contributed by atoms with E-state index in [1.165, 1.54) is 18.2 Å². The molecule has 1 fully saturated rings. The lowest BCUT2D eigenvalue weighted by Gasteiger charge is -2.38. The van der Waals surface area contributed by atoms with Crippen LogP contribution in [0.1, 0.15) is 43.0 Å². The zero-order chi connectivity index (χ0) is 14.8. The van der Waals surface area contributed by atoms with Gasteiger partial charge in [-0.1, -0.05) is 6.92 Å². The van der Waals surface area contributed by atoms with Gasteiger partial charge in [-0.3, -0.25) is 4.79 Å². The van der Waals surface area contributed by atoms with Crippen molar-refractivity contribution in [1.29, 1.82) is 0 Å². The summed E-state index contributed by atoms with van der Waals surface area (Å²) in [5.74, 6) is -0.314. The van der Waals surface area contributed by atoms with Gasteiger partial charge in [0.15, 0.2) is 11.5 Å². The fourth-order valence-corrected chi connectivity index (χ4v) is 2.62. The molecule has 1 aromatic rings. The summed E-state index contributed by atoms with van der Waals surface area (Å²) in [5.41, 5.74) is -0.302. The summed E-state index contributed by atoms with van der Waals surface area (Å²) >= 11 is 0. The zero-order valence-electron chi connectivity index (χ0n) is 11.6. The maximum atomic E-state index is 12.2. The highest BCUT2D eigenvalue weighted by atomic mass is 16.3. The zero-order valence-corrected chi connectivity index (χ0v) is 11.6. The van der Waals surface area contributed by atoms with Crippen molar-refractivity contribution in [2.45, 2.75) is 38.1 Å². The third kappa shape index (κ3) is 3.04. The van der Waals surface area contributed by atoms with E-state index in [2.05, 4.69) is 12.2 Å². The molecule has 0 atom stereocenters. The van der Waals surface area contributed by atoms with Gasteiger partial charge in [0.1, 0.15) is 0 Å². The van der Waals surface area contributed by atoms with Crippen molar-refractivity contribution in [3.8, 4) is 11.5 Å². The lowest BCUT2D eigenvalue weighted by molar-refractivity contribution is 0.0717. The van der Waals surface area contributed by atoms with E-state index < -0.39 is 5.54 Å². The van der Waals surface area contributed by atoms with Crippen molar-refractivity contribution in [3.05, 3.63) is 23.8 Å². The Hall–Kier alpha value is -1.75. The Labute approximate surface area is 118 Å². The fraction of sp³-hybridized carbons (Fsp3) is 0.533. The molecular formula is C15H21NO4. The first-order valence-corrected chi connectivity index (χ1v) is 6.91. The Morgan fingerprint density at radius 2 is 1.95 bits per heavy atom. The van der Waals surface area contributed by atoms with Gasteiger partial charge in [0.2, 0.25) is 0 Å². The predicted octanol–water partition coefficient (Wildman–Crippen LogP) is 1.77. The molecule has 0 spiro atoms. The second kappa shape index (κ2) is 5.71. The number of aliphatic hydroxyl groups is 1. The largest absolute Gasteiger partial charge is 0.504 e. The van der Waals surface area contributed by atoms with Crippen LogP contribution in [0.3, 0.4) is 0 Å². The minimum Gasteiger partial charge on any atom is -0.504 e. The van der Waals surface area contributed by atoms with Crippen LogP contribution in [-0.2, 0) is 0 Å². The molecule has 0 bridgehead atoms. The Morgan fingerprint density at radius 3 is 2.50 bits per heavy atom. The molecule has 2 rings (SSSR count). The van der Waals surface area contributed by atoms with Crippen LogP contribution in [0.5, 0.6) is 11.5 Å². The molecule has 1 aromatic carbocycles. The average molecular weight is 279 g/mol. The number of phenolic OH excluding ortho intramolecular Hbond substituents is 2. The van der Waals surface area contributed by atoms with Crippen LogP contribution >= 0.6 is 0 Å². The first-order chi connectivity index (χ1) is 9.46. The van der Waals surface area contributed by atoms with Crippen LogP contribution in [0.15, 0.2) is 18.2 Å². The second-order valence-electron chi connectivity index (χ2n) is 5.78. The molecule has 5 heteroatoms. The normalized spacial score (nSPS) is 26.2. The third-order valence-electron chi connectivity index (χ3n) is 4.15. The van der Waals surface area contributed by atoms with Gasteiger partial charge in [-0.25, -0.2) is 0 Å². The molecule has 0 saturated heterocycles. The van der Waals surface area contributed by atoms with E-state index in [0.29, 0.717) is 5.92 Å². The number of amides is 1. The van der Waals surface area contributed by atoms with Gasteiger partial charge < -0.3 is 20.6 Å². The maximum Gasteiger partial charge on any atom is 0.251 e. The number of rotatable bonds is 3. The number of carbonyl (C=O) groups is 1. The van der Waals surface area contributed by atoms with Crippen molar-refractivity contribution < 1.29 is 20.1 Å². The molecule has 1 amide bonds. The Balaban J connectivity index is 2.11. The molecule has 5 nitrogen and oxygen atoms in total. The molecule has 4 N–H and O–H groups in total. The van der Waals surface area contributed by atoms with Gasteiger partial charge in [0.05, 0.1) is 12.1 Å². The Bertz CT molecular complexity index is 493. The molecule has 20 heavy (non-hydrogen) atoms. The fourth-order valence-electron chi connectivity index (χ4n) is 2.62. The van der Waals surface area contributed by atoms with Crippen LogP contribution in [0.25, 0.3) is 0 Å². The quantitative estimate of drug-likeness (QED) is 0.635. The van der Waals surface area contributed by atoms with E-state index in [9.17, 15) is 20.1 Å². The van der Waals surface area contributed by atoms with Gasteiger partial charge in [0.25, 0.3) is 5.91 Å². The average Bonchev–Trinajstić information content (AvgIpc) is 2.44. The molecular weight excluding hydrogens is 258 g/mol. The van der Waals surface area contributed by atoms with Gasteiger partial charge >= 0.3 is 0 Å². The van der Waals surface area contributed by atoms with Crippen LogP contribution in [0.2, 0.25) is 0 Å². The number of hydrogen-bond acceptors (Lipinski definition) is 4. The van der Waals surface area contributed by atoms with Crippen molar-refractivity contribution in [2.24, 2.45) is 5.92 Å². The van der Waals surface area contributed by atoms with Crippen molar-refractivity contribution >= 4 is 5.91 Å². The Kier molecular flexibility index (Phi) is 4.18. The predicted molar refractivity (Wildman–Crippen MR) is 74.7 cm³/mol. The second-order valence-corrected chi connectivity index (χ2v) is 5.78. The molecule has 1 aliphatic rings. The van der Waals surface area contributed by atoms with Gasteiger partial charge in [-0.2, -0.15) is 0 Å². The molecule has 0 aliphatic heterocycles. The van der Waals surface area contributed by atoms with E-state index in [4.69, 9.17) is 0 Å². The van der Waals surface area contributed by atoms with E-state index in [-0.39, 0.29) is 29.6 Å². The van der Waals surface area contributed by atoms with Crippen LogP contribution < -0.4 is 5.32 Å². The first-order valence-electron chi connectivity index (χ1n) is 6.91. The number of hydrogen-bond donors (Lipinski definition) is 4. The summed E-state index contributed by atoms with van der Waals surface area (Å²) in [7, 11) is 0. The summed E-state index contributed by atoms with van der Waals surface area (Å²) in [4.78, 5) is 12.2. The van der Waals surface area contributed by atoms with Crippen LogP contribution in [0, 0.1) is 5.92 Å². The first kappa shape index (κ1) is 14.7. The highest BCUT2D eigenvalue weighted by Gasteiger charge is 2.35. The minimum atomic E-state index is -0.572. The molecule has 0 heterocycles. The summed E-state index contributed by atoms with van der Waals surface area (Å²) < 4.78 is 0. The van der Waals surface area contributed by atoms with E-state index >= 15 is 0 Å². The SMILES string of the molecule is CC1CCC(CO)(NC(=O)c2ccc(O)c(O)c2)CC1. The molecule has 1 saturated carbocycles. The van der Waals surface area contributed by atoms with E-state index in [1.54, 1.807) is 0 Å². The lowest BCUT2D eigenvalue weighted by atomic mass is 9.77. The molecule has 0 radical (unpaired) electrons. The third-order valence-corrected chi connectivity index (χ3v) is 4.15. The highest BCUT2D eigenvalue weighted by Crippen LogP contribution is 2.32. The number of aliphatic hydroxyl groups excluding tert-OH is 1. The maximum absolute atomic E-state index is 12.2. The monoisotopic (exact) mass is 279 g/mol. The number of carbonyl (C=O) groups excluding carboxylic acids is 1. The van der Waals surface area contributed by atoms with E-state index in [0.717, 1.165) is 25.7 Å². The van der Waals surface area contributed by atoms with Crippen LogP contribution in [0.4, 0.5) is 0 Å².